The average molecular weight is 242 g/mol. The van der Waals surface area contributed by atoms with Gasteiger partial charge in [0.25, 0.3) is 0 Å². The third-order valence-electron chi connectivity index (χ3n) is 2.73. The highest BCUT2D eigenvalue weighted by atomic mass is 35.5. The number of halogens is 1. The smallest absolute Gasteiger partial charge is 0.0295 e. The van der Waals surface area contributed by atoms with Gasteiger partial charge in [-0.2, -0.15) is 0 Å². The molecule has 92 valence electrons. The number of hydrogen-bond acceptors (Lipinski definition) is 1. The van der Waals surface area contributed by atoms with E-state index in [1.165, 1.54) is 23.1 Å². The Labute approximate surface area is 106 Å². The van der Waals surface area contributed by atoms with Crippen molar-refractivity contribution in [3.8, 4) is 0 Å². The van der Waals surface area contributed by atoms with E-state index in [1.807, 2.05) is 0 Å². The molecule has 0 aromatic heterocycles. The minimum atomic E-state index is 0. The summed E-state index contributed by atoms with van der Waals surface area (Å²) in [7, 11) is 0. The molecule has 0 unspecified atom stereocenters. The summed E-state index contributed by atoms with van der Waals surface area (Å²) >= 11 is 0. The Morgan fingerprint density at radius 1 is 1.00 bits per heavy atom. The van der Waals surface area contributed by atoms with Gasteiger partial charge in [-0.1, -0.05) is 43.2 Å². The summed E-state index contributed by atoms with van der Waals surface area (Å²) in [6.45, 7) is 8.75. The van der Waals surface area contributed by atoms with Gasteiger partial charge in [0.15, 0.2) is 0 Å². The van der Waals surface area contributed by atoms with Gasteiger partial charge < -0.3 is 5.73 Å². The van der Waals surface area contributed by atoms with Crippen LogP contribution in [0.1, 0.15) is 49.4 Å². The molecular weight excluding hydrogens is 218 g/mol. The monoisotopic (exact) mass is 241 g/mol. The summed E-state index contributed by atoms with van der Waals surface area (Å²) in [5.74, 6) is 0.738. The van der Waals surface area contributed by atoms with E-state index in [0.717, 1.165) is 12.3 Å². The molecule has 0 aliphatic rings. The molecule has 0 saturated carbocycles. The quantitative estimate of drug-likeness (QED) is 0.842. The predicted molar refractivity (Wildman–Crippen MR) is 74.2 cm³/mol. The van der Waals surface area contributed by atoms with Gasteiger partial charge in [-0.15, -0.1) is 12.4 Å². The lowest BCUT2D eigenvalue weighted by Crippen LogP contribution is -2.11. The summed E-state index contributed by atoms with van der Waals surface area (Å²) in [6, 6.07) is 6.81. The van der Waals surface area contributed by atoms with Crippen LogP contribution in [0.2, 0.25) is 0 Å². The Morgan fingerprint density at radius 2 is 1.50 bits per heavy atom. The lowest BCUT2D eigenvalue weighted by Gasteiger charge is -2.14. The predicted octanol–water partition coefficient (Wildman–Crippen LogP) is 4.16. The number of hydrogen-bond donors (Lipinski definition) is 1. The van der Waals surface area contributed by atoms with Crippen molar-refractivity contribution < 1.29 is 0 Å². The van der Waals surface area contributed by atoms with Gasteiger partial charge in [0.05, 0.1) is 0 Å². The van der Waals surface area contributed by atoms with Gasteiger partial charge in [-0.05, 0) is 38.2 Å². The molecule has 16 heavy (non-hydrogen) atoms. The van der Waals surface area contributed by atoms with E-state index in [9.17, 15) is 0 Å². The Bertz CT molecular complexity index is 300. The first-order valence-electron chi connectivity index (χ1n) is 5.83. The fourth-order valence-electron chi connectivity index (χ4n) is 1.90. The van der Waals surface area contributed by atoms with Crippen molar-refractivity contribution in [1.29, 1.82) is 0 Å². The highest BCUT2D eigenvalue weighted by molar-refractivity contribution is 5.85. The third kappa shape index (κ3) is 5.00. The molecule has 2 N–H and O–H groups in total. The van der Waals surface area contributed by atoms with Crippen molar-refractivity contribution in [3.05, 3.63) is 34.9 Å². The van der Waals surface area contributed by atoms with E-state index in [1.54, 1.807) is 0 Å². The Balaban J connectivity index is 0.00000225. The summed E-state index contributed by atoms with van der Waals surface area (Å²) in [6.07, 6.45) is 2.29. The minimum absolute atomic E-state index is 0. The van der Waals surface area contributed by atoms with Crippen molar-refractivity contribution in [1.82, 2.24) is 0 Å². The first-order valence-corrected chi connectivity index (χ1v) is 5.83. The van der Waals surface area contributed by atoms with Gasteiger partial charge in [0.2, 0.25) is 0 Å². The second-order valence-corrected chi connectivity index (χ2v) is 5.00. The zero-order valence-electron chi connectivity index (χ0n) is 10.8. The highest BCUT2D eigenvalue weighted by Gasteiger charge is 2.07. The number of benzene rings is 1. The molecule has 0 aliphatic carbocycles. The van der Waals surface area contributed by atoms with Crippen LogP contribution in [0, 0.1) is 19.8 Å². The van der Waals surface area contributed by atoms with Crippen LogP contribution in [0.3, 0.4) is 0 Å². The second-order valence-electron chi connectivity index (χ2n) is 5.00. The topological polar surface area (TPSA) is 26.0 Å². The Kier molecular flexibility index (Phi) is 6.70. The maximum atomic E-state index is 6.18. The molecule has 1 atom stereocenters. The molecule has 0 amide bonds. The van der Waals surface area contributed by atoms with Crippen LogP contribution >= 0.6 is 12.4 Å². The third-order valence-corrected chi connectivity index (χ3v) is 2.73. The maximum absolute atomic E-state index is 6.18. The maximum Gasteiger partial charge on any atom is 0.0295 e. The number of nitrogens with two attached hydrogens (primary N) is 1. The SMILES string of the molecule is Cc1cc(C)cc([C@@H](N)CCC(C)C)c1.Cl. The largest absolute Gasteiger partial charge is 0.324 e. The first kappa shape index (κ1) is 15.5. The summed E-state index contributed by atoms with van der Waals surface area (Å²) in [5.41, 5.74) is 10.1. The van der Waals surface area contributed by atoms with Gasteiger partial charge in [-0.3, -0.25) is 0 Å². The molecule has 1 aromatic rings. The lowest BCUT2D eigenvalue weighted by atomic mass is 9.96. The normalized spacial score (nSPS) is 12.4. The molecule has 1 rings (SSSR count). The van der Waals surface area contributed by atoms with E-state index in [4.69, 9.17) is 5.73 Å². The average Bonchev–Trinajstić information content (AvgIpc) is 2.12. The van der Waals surface area contributed by atoms with Crippen LogP contribution < -0.4 is 5.73 Å². The first-order chi connectivity index (χ1) is 6.99. The van der Waals surface area contributed by atoms with Crippen LogP contribution in [-0.2, 0) is 0 Å². The standard InChI is InChI=1S/C14H23N.ClH/c1-10(2)5-6-14(15)13-8-11(3)7-12(4)9-13;/h7-10,14H,5-6,15H2,1-4H3;1H/t14-;/m0./s1. The summed E-state index contributed by atoms with van der Waals surface area (Å²) in [4.78, 5) is 0. The van der Waals surface area contributed by atoms with E-state index in [-0.39, 0.29) is 18.4 Å². The Hall–Kier alpha value is -0.530. The molecule has 2 heteroatoms. The van der Waals surface area contributed by atoms with Crippen molar-refractivity contribution in [2.45, 2.75) is 46.6 Å². The molecule has 0 spiro atoms. The van der Waals surface area contributed by atoms with Crippen LogP contribution in [0.15, 0.2) is 18.2 Å². The van der Waals surface area contributed by atoms with E-state index < -0.39 is 0 Å². The molecule has 0 radical (unpaired) electrons. The highest BCUT2D eigenvalue weighted by Crippen LogP contribution is 2.20. The molecular formula is C14H24ClN. The Morgan fingerprint density at radius 3 is 1.94 bits per heavy atom. The van der Waals surface area contributed by atoms with Crippen molar-refractivity contribution >= 4 is 12.4 Å². The van der Waals surface area contributed by atoms with Crippen LogP contribution in [0.5, 0.6) is 0 Å². The molecule has 0 heterocycles. The van der Waals surface area contributed by atoms with Crippen LogP contribution in [0.4, 0.5) is 0 Å². The summed E-state index contributed by atoms with van der Waals surface area (Å²) < 4.78 is 0. The molecule has 1 aromatic carbocycles. The van der Waals surface area contributed by atoms with Crippen molar-refractivity contribution in [2.24, 2.45) is 11.7 Å². The van der Waals surface area contributed by atoms with E-state index in [2.05, 4.69) is 45.9 Å². The molecule has 0 saturated heterocycles. The van der Waals surface area contributed by atoms with E-state index in [0.29, 0.717) is 0 Å². The fraction of sp³-hybridized carbons (Fsp3) is 0.571. The van der Waals surface area contributed by atoms with Gasteiger partial charge in [0, 0.05) is 6.04 Å². The van der Waals surface area contributed by atoms with Gasteiger partial charge in [-0.25, -0.2) is 0 Å². The van der Waals surface area contributed by atoms with Crippen molar-refractivity contribution in [2.75, 3.05) is 0 Å². The molecule has 0 bridgehead atoms. The second kappa shape index (κ2) is 6.93. The zero-order chi connectivity index (χ0) is 11.4. The van der Waals surface area contributed by atoms with Crippen LogP contribution in [0.25, 0.3) is 0 Å². The zero-order valence-corrected chi connectivity index (χ0v) is 11.6. The molecule has 0 aliphatic heterocycles. The number of rotatable bonds is 4. The minimum Gasteiger partial charge on any atom is -0.324 e. The van der Waals surface area contributed by atoms with Gasteiger partial charge >= 0.3 is 0 Å². The van der Waals surface area contributed by atoms with Crippen LogP contribution in [-0.4, -0.2) is 0 Å². The fourth-order valence-corrected chi connectivity index (χ4v) is 1.90. The molecule has 1 nitrogen and oxygen atoms in total. The summed E-state index contributed by atoms with van der Waals surface area (Å²) in [5, 5.41) is 0. The molecule has 0 fully saturated rings. The van der Waals surface area contributed by atoms with E-state index >= 15 is 0 Å². The van der Waals surface area contributed by atoms with Crippen molar-refractivity contribution in [3.63, 3.8) is 0 Å². The van der Waals surface area contributed by atoms with Gasteiger partial charge in [0.1, 0.15) is 0 Å². The lowest BCUT2D eigenvalue weighted by molar-refractivity contribution is 0.507. The number of aryl methyl sites for hydroxylation is 2.